The van der Waals surface area contributed by atoms with Crippen LogP contribution in [0.3, 0.4) is 0 Å². The number of nitrogens with zero attached hydrogens (tertiary/aromatic N) is 1. The highest BCUT2D eigenvalue weighted by Crippen LogP contribution is 2.64. The molecule has 2 nitrogen and oxygen atoms in total. The summed E-state index contributed by atoms with van der Waals surface area (Å²) in [6.45, 7) is 0. The van der Waals surface area contributed by atoms with Crippen molar-refractivity contribution in [2.45, 2.75) is 5.41 Å². The van der Waals surface area contributed by atoms with E-state index in [0.717, 1.165) is 39.0 Å². The molecule has 9 aromatic carbocycles. The zero-order chi connectivity index (χ0) is 36.1. The smallest absolute Gasteiger partial charge is 0.143 e. The maximum absolute atomic E-state index is 6.78. The van der Waals surface area contributed by atoms with E-state index >= 15 is 0 Å². The first kappa shape index (κ1) is 30.3. The van der Waals surface area contributed by atoms with Gasteiger partial charge in [0.05, 0.1) is 11.1 Å². The van der Waals surface area contributed by atoms with E-state index in [0.29, 0.717) is 0 Å². The van der Waals surface area contributed by atoms with E-state index in [9.17, 15) is 0 Å². The molecule has 256 valence electrons. The van der Waals surface area contributed by atoms with Crippen LogP contribution >= 0.6 is 0 Å². The minimum Gasteiger partial charge on any atom is -0.455 e. The van der Waals surface area contributed by atoms with Gasteiger partial charge in [0.15, 0.2) is 0 Å². The Morgan fingerprint density at radius 2 is 0.982 bits per heavy atom. The summed E-state index contributed by atoms with van der Waals surface area (Å²) in [5, 5.41) is 4.74. The average molecular weight is 700 g/mol. The monoisotopic (exact) mass is 699 g/mol. The lowest BCUT2D eigenvalue weighted by molar-refractivity contribution is 0.669. The van der Waals surface area contributed by atoms with Gasteiger partial charge in [0.1, 0.15) is 11.2 Å². The number of furan rings is 1. The standard InChI is InChI=1S/C53H33NO/c1-3-15-34(16-4-1)37-30-32-49(41-21-8-7-19-38(37)41)54(35-17-5-2-6-18-35)36-27-28-40-39-20-9-12-24-45(39)53(48(40)33-36)46-25-13-10-23-44(46)51-47(53)31-29-43-42-22-11-14-26-50(42)55-52(43)51/h1-33H. The molecule has 1 atom stereocenters. The van der Waals surface area contributed by atoms with Crippen LogP contribution in [0.5, 0.6) is 0 Å². The first-order valence-electron chi connectivity index (χ1n) is 19.0. The lowest BCUT2D eigenvalue weighted by Gasteiger charge is -2.32. The Morgan fingerprint density at radius 1 is 0.364 bits per heavy atom. The number of fused-ring (bicyclic) bond motifs is 15. The largest absolute Gasteiger partial charge is 0.455 e. The predicted octanol–water partition coefficient (Wildman–Crippen LogP) is 14.2. The molecule has 55 heavy (non-hydrogen) atoms. The van der Waals surface area contributed by atoms with Gasteiger partial charge in [0.25, 0.3) is 0 Å². The zero-order valence-corrected chi connectivity index (χ0v) is 29.9. The Kier molecular flexibility index (Phi) is 6.29. The second-order valence-corrected chi connectivity index (χ2v) is 14.7. The predicted molar refractivity (Wildman–Crippen MR) is 228 cm³/mol. The maximum Gasteiger partial charge on any atom is 0.143 e. The lowest BCUT2D eigenvalue weighted by Crippen LogP contribution is -2.26. The summed E-state index contributed by atoms with van der Waals surface area (Å²) in [5.41, 5.74) is 17.3. The molecule has 1 spiro atoms. The van der Waals surface area contributed by atoms with E-state index in [1.54, 1.807) is 0 Å². The Hall–Kier alpha value is -7.16. The third-order valence-electron chi connectivity index (χ3n) is 12.1. The van der Waals surface area contributed by atoms with E-state index in [4.69, 9.17) is 4.42 Å². The molecule has 0 fully saturated rings. The van der Waals surface area contributed by atoms with E-state index in [1.807, 2.05) is 0 Å². The Labute approximate surface area is 319 Å². The van der Waals surface area contributed by atoms with Crippen LogP contribution in [-0.4, -0.2) is 0 Å². The van der Waals surface area contributed by atoms with Crippen LogP contribution in [0.15, 0.2) is 205 Å². The fraction of sp³-hybridized carbons (Fsp3) is 0.0189. The van der Waals surface area contributed by atoms with Crippen LogP contribution in [0.1, 0.15) is 22.3 Å². The van der Waals surface area contributed by atoms with Crippen LogP contribution in [0, 0.1) is 0 Å². The summed E-state index contributed by atoms with van der Waals surface area (Å²) >= 11 is 0. The first-order chi connectivity index (χ1) is 27.3. The Bertz CT molecular complexity index is 3160. The van der Waals surface area contributed by atoms with Crippen LogP contribution in [-0.2, 0) is 5.41 Å². The van der Waals surface area contributed by atoms with Gasteiger partial charge in [0, 0.05) is 33.1 Å². The van der Waals surface area contributed by atoms with Crippen molar-refractivity contribution < 1.29 is 4.42 Å². The summed E-state index contributed by atoms with van der Waals surface area (Å²) in [4.78, 5) is 2.44. The average Bonchev–Trinajstić information content (AvgIpc) is 3.88. The number of hydrogen-bond acceptors (Lipinski definition) is 2. The van der Waals surface area contributed by atoms with Gasteiger partial charge < -0.3 is 9.32 Å². The van der Waals surface area contributed by atoms with Gasteiger partial charge in [0.2, 0.25) is 0 Å². The topological polar surface area (TPSA) is 16.4 Å². The molecule has 10 aromatic rings. The minimum absolute atomic E-state index is 0.525. The molecule has 1 heterocycles. The molecule has 0 saturated heterocycles. The highest BCUT2D eigenvalue weighted by Gasteiger charge is 2.52. The number of para-hydroxylation sites is 2. The fourth-order valence-corrected chi connectivity index (χ4v) is 9.88. The lowest BCUT2D eigenvalue weighted by atomic mass is 9.70. The van der Waals surface area contributed by atoms with Crippen LogP contribution in [0.2, 0.25) is 0 Å². The molecule has 12 rings (SSSR count). The van der Waals surface area contributed by atoms with E-state index in [-0.39, 0.29) is 0 Å². The molecule has 0 radical (unpaired) electrons. The first-order valence-corrected chi connectivity index (χ1v) is 19.0. The van der Waals surface area contributed by atoms with Gasteiger partial charge in [-0.2, -0.15) is 0 Å². The molecule has 2 aliphatic carbocycles. The highest BCUT2D eigenvalue weighted by atomic mass is 16.3. The van der Waals surface area contributed by atoms with Crippen molar-refractivity contribution >= 4 is 49.8 Å². The van der Waals surface area contributed by atoms with Gasteiger partial charge in [-0.1, -0.05) is 164 Å². The molecule has 0 aliphatic heterocycles. The van der Waals surface area contributed by atoms with Crippen molar-refractivity contribution in [2.24, 2.45) is 0 Å². The quantitative estimate of drug-likeness (QED) is 0.182. The molecular weight excluding hydrogens is 667 g/mol. The number of benzene rings is 9. The van der Waals surface area contributed by atoms with E-state index in [2.05, 4.69) is 205 Å². The summed E-state index contributed by atoms with van der Waals surface area (Å²) in [5.74, 6) is 0. The normalized spacial score (nSPS) is 15.0. The molecule has 1 unspecified atom stereocenters. The maximum atomic E-state index is 6.78. The van der Waals surface area contributed by atoms with E-state index < -0.39 is 5.41 Å². The van der Waals surface area contributed by atoms with Crippen LogP contribution in [0.4, 0.5) is 17.1 Å². The third kappa shape index (κ3) is 4.08. The van der Waals surface area contributed by atoms with Gasteiger partial charge in [-0.05, 0) is 91.9 Å². The van der Waals surface area contributed by atoms with E-state index in [1.165, 1.54) is 66.4 Å². The van der Waals surface area contributed by atoms with Gasteiger partial charge in [-0.25, -0.2) is 0 Å². The van der Waals surface area contributed by atoms with Crippen LogP contribution < -0.4 is 4.90 Å². The molecule has 0 saturated carbocycles. The van der Waals surface area contributed by atoms with Gasteiger partial charge >= 0.3 is 0 Å². The SMILES string of the molecule is c1ccc(-c2ccc(N(c3ccccc3)c3ccc4c(c3)C3(c5ccccc5-4)c4ccccc4-c4c3ccc3c4oc4ccccc43)c3ccccc23)cc1. The molecular formula is C53H33NO. The summed E-state index contributed by atoms with van der Waals surface area (Å²) < 4.78 is 6.78. The van der Waals surface area contributed by atoms with Crippen LogP contribution in [0.25, 0.3) is 66.1 Å². The Morgan fingerprint density at radius 3 is 1.80 bits per heavy atom. The van der Waals surface area contributed by atoms with Crippen molar-refractivity contribution in [2.75, 3.05) is 4.90 Å². The molecule has 0 amide bonds. The summed E-state index contributed by atoms with van der Waals surface area (Å²) in [6.07, 6.45) is 0. The van der Waals surface area contributed by atoms with Crippen molar-refractivity contribution in [1.29, 1.82) is 0 Å². The highest BCUT2D eigenvalue weighted by molar-refractivity contribution is 6.13. The fourth-order valence-electron chi connectivity index (χ4n) is 9.88. The summed E-state index contributed by atoms with van der Waals surface area (Å²) in [6, 6.07) is 73.1. The second-order valence-electron chi connectivity index (χ2n) is 14.7. The molecule has 0 bridgehead atoms. The van der Waals surface area contributed by atoms with Crippen molar-refractivity contribution in [3.05, 3.63) is 222 Å². The second kappa shape index (κ2) is 11.4. The zero-order valence-electron chi connectivity index (χ0n) is 29.9. The molecule has 2 aliphatic rings. The van der Waals surface area contributed by atoms with Gasteiger partial charge in [-0.15, -0.1) is 0 Å². The third-order valence-corrected chi connectivity index (χ3v) is 12.1. The minimum atomic E-state index is -0.525. The van der Waals surface area contributed by atoms with Gasteiger partial charge in [-0.3, -0.25) is 0 Å². The van der Waals surface area contributed by atoms with Crippen molar-refractivity contribution in [1.82, 2.24) is 0 Å². The number of anilines is 3. The Balaban J connectivity index is 1.15. The van der Waals surface area contributed by atoms with Crippen molar-refractivity contribution in [3.63, 3.8) is 0 Å². The molecule has 1 aromatic heterocycles. The number of rotatable bonds is 4. The van der Waals surface area contributed by atoms with Crippen molar-refractivity contribution in [3.8, 4) is 33.4 Å². The molecule has 0 N–H and O–H groups in total. The summed E-state index contributed by atoms with van der Waals surface area (Å²) in [7, 11) is 0. The number of hydrogen-bond donors (Lipinski definition) is 0. The molecule has 2 heteroatoms.